The molecule has 1 aromatic heterocycles. The van der Waals surface area contributed by atoms with Gasteiger partial charge in [-0.3, -0.25) is 14.3 Å². The van der Waals surface area contributed by atoms with Crippen LogP contribution >= 0.6 is 11.6 Å². The van der Waals surface area contributed by atoms with E-state index in [0.29, 0.717) is 29.4 Å². The lowest BCUT2D eigenvalue weighted by Crippen LogP contribution is -2.30. The van der Waals surface area contributed by atoms with Crippen LogP contribution < -0.4 is 5.32 Å². The van der Waals surface area contributed by atoms with Crippen molar-refractivity contribution in [3.8, 4) is 0 Å². The standard InChI is InChI=1S/C18H23ClN4O2/c1-5-22(6-2)18(25)15-8-7-14(10-16(15)19)20-17(24)11-23-13(4)9-12(3)21-23/h7-10H,5-6,11H2,1-4H3,(H,20,24). The molecule has 134 valence electrons. The third-order valence-electron chi connectivity index (χ3n) is 3.93. The van der Waals surface area contributed by atoms with E-state index in [1.807, 2.05) is 33.8 Å². The Balaban J connectivity index is 2.08. The predicted molar refractivity (Wildman–Crippen MR) is 99.0 cm³/mol. The van der Waals surface area contributed by atoms with Gasteiger partial charge in [0.15, 0.2) is 0 Å². The van der Waals surface area contributed by atoms with Gasteiger partial charge in [0.2, 0.25) is 5.91 Å². The molecule has 2 rings (SSSR count). The van der Waals surface area contributed by atoms with Crippen LogP contribution in [0.4, 0.5) is 5.69 Å². The van der Waals surface area contributed by atoms with Crippen molar-refractivity contribution in [2.24, 2.45) is 0 Å². The largest absolute Gasteiger partial charge is 0.339 e. The van der Waals surface area contributed by atoms with Gasteiger partial charge in [0.25, 0.3) is 5.91 Å². The van der Waals surface area contributed by atoms with Crippen molar-refractivity contribution in [1.29, 1.82) is 0 Å². The molecular formula is C18H23ClN4O2. The first kappa shape index (κ1) is 19.0. The summed E-state index contributed by atoms with van der Waals surface area (Å²) < 4.78 is 1.64. The molecule has 1 aromatic carbocycles. The highest BCUT2D eigenvalue weighted by molar-refractivity contribution is 6.34. The van der Waals surface area contributed by atoms with Crippen LogP contribution in [-0.2, 0) is 11.3 Å². The average Bonchev–Trinajstić information content (AvgIpc) is 2.85. The zero-order chi connectivity index (χ0) is 18.6. The summed E-state index contributed by atoms with van der Waals surface area (Å²) in [5, 5.41) is 7.37. The van der Waals surface area contributed by atoms with Crippen molar-refractivity contribution in [2.75, 3.05) is 18.4 Å². The van der Waals surface area contributed by atoms with Crippen LogP contribution in [0.2, 0.25) is 5.02 Å². The molecule has 7 heteroatoms. The molecule has 0 saturated carbocycles. The smallest absolute Gasteiger partial charge is 0.255 e. The Hall–Kier alpha value is -2.34. The molecule has 6 nitrogen and oxygen atoms in total. The summed E-state index contributed by atoms with van der Waals surface area (Å²) in [6, 6.07) is 6.83. The molecule has 0 aliphatic rings. The Morgan fingerprint density at radius 1 is 1.20 bits per heavy atom. The number of carbonyl (C=O) groups excluding carboxylic acids is 2. The van der Waals surface area contributed by atoms with Crippen LogP contribution in [0.3, 0.4) is 0 Å². The van der Waals surface area contributed by atoms with E-state index in [9.17, 15) is 9.59 Å². The number of nitrogens with zero attached hydrogens (tertiary/aromatic N) is 3. The molecule has 0 radical (unpaired) electrons. The first-order valence-corrected chi connectivity index (χ1v) is 8.63. The quantitative estimate of drug-likeness (QED) is 0.857. The molecule has 0 unspecified atom stereocenters. The lowest BCUT2D eigenvalue weighted by atomic mass is 10.1. The zero-order valence-corrected chi connectivity index (χ0v) is 15.7. The molecule has 1 heterocycles. The van der Waals surface area contributed by atoms with Crippen molar-refractivity contribution in [3.63, 3.8) is 0 Å². The Bertz CT molecular complexity index is 781. The third kappa shape index (κ3) is 4.60. The molecule has 0 aliphatic heterocycles. The molecule has 2 aromatic rings. The van der Waals surface area contributed by atoms with Gasteiger partial charge in [0.1, 0.15) is 6.54 Å². The minimum atomic E-state index is -0.204. The fourth-order valence-corrected chi connectivity index (χ4v) is 2.88. The number of benzene rings is 1. The highest BCUT2D eigenvalue weighted by atomic mass is 35.5. The number of anilines is 1. The van der Waals surface area contributed by atoms with E-state index in [-0.39, 0.29) is 18.4 Å². The second-order valence-electron chi connectivity index (χ2n) is 5.80. The highest BCUT2D eigenvalue weighted by Gasteiger charge is 2.16. The lowest BCUT2D eigenvalue weighted by Gasteiger charge is -2.19. The van der Waals surface area contributed by atoms with Crippen LogP contribution in [0.1, 0.15) is 35.6 Å². The van der Waals surface area contributed by atoms with E-state index < -0.39 is 0 Å². The van der Waals surface area contributed by atoms with Crippen molar-refractivity contribution in [2.45, 2.75) is 34.2 Å². The molecule has 0 saturated heterocycles. The number of hydrogen-bond donors (Lipinski definition) is 1. The molecule has 0 bridgehead atoms. The van der Waals surface area contributed by atoms with Crippen LogP contribution in [-0.4, -0.2) is 39.6 Å². The molecule has 25 heavy (non-hydrogen) atoms. The zero-order valence-electron chi connectivity index (χ0n) is 15.0. The number of carbonyl (C=O) groups is 2. The van der Waals surface area contributed by atoms with Crippen LogP contribution in [0.25, 0.3) is 0 Å². The molecular weight excluding hydrogens is 340 g/mol. The number of amides is 2. The number of hydrogen-bond acceptors (Lipinski definition) is 3. The summed E-state index contributed by atoms with van der Waals surface area (Å²) in [6.45, 7) is 8.98. The fourth-order valence-electron chi connectivity index (χ4n) is 2.62. The Morgan fingerprint density at radius 2 is 1.88 bits per heavy atom. The van der Waals surface area contributed by atoms with Gasteiger partial charge in [-0.2, -0.15) is 5.10 Å². The number of rotatable bonds is 6. The lowest BCUT2D eigenvalue weighted by molar-refractivity contribution is -0.116. The van der Waals surface area contributed by atoms with Gasteiger partial charge in [-0.05, 0) is 52.0 Å². The molecule has 2 amide bonds. The van der Waals surface area contributed by atoms with Gasteiger partial charge < -0.3 is 10.2 Å². The number of aromatic nitrogens is 2. The summed E-state index contributed by atoms with van der Waals surface area (Å²) in [6.07, 6.45) is 0. The second kappa shape index (κ2) is 8.16. The van der Waals surface area contributed by atoms with Crippen molar-refractivity contribution in [1.82, 2.24) is 14.7 Å². The number of nitrogens with one attached hydrogen (secondary N) is 1. The summed E-state index contributed by atoms with van der Waals surface area (Å²) in [7, 11) is 0. The molecule has 0 fully saturated rings. The first-order chi connectivity index (χ1) is 11.8. The normalized spacial score (nSPS) is 10.6. The highest BCUT2D eigenvalue weighted by Crippen LogP contribution is 2.22. The van der Waals surface area contributed by atoms with Crippen molar-refractivity contribution in [3.05, 3.63) is 46.2 Å². The first-order valence-electron chi connectivity index (χ1n) is 8.25. The van der Waals surface area contributed by atoms with Crippen LogP contribution in [0.5, 0.6) is 0 Å². The van der Waals surface area contributed by atoms with E-state index in [0.717, 1.165) is 11.4 Å². The maximum atomic E-state index is 12.4. The van der Waals surface area contributed by atoms with Gasteiger partial charge in [-0.15, -0.1) is 0 Å². The monoisotopic (exact) mass is 362 g/mol. The Labute approximate surface area is 152 Å². The fraction of sp³-hybridized carbons (Fsp3) is 0.389. The second-order valence-corrected chi connectivity index (χ2v) is 6.21. The van der Waals surface area contributed by atoms with Gasteiger partial charge in [0.05, 0.1) is 16.3 Å². The minimum absolute atomic E-state index is 0.115. The number of halogens is 1. The third-order valence-corrected chi connectivity index (χ3v) is 4.24. The van der Waals surface area contributed by atoms with E-state index in [1.54, 1.807) is 27.8 Å². The van der Waals surface area contributed by atoms with E-state index in [4.69, 9.17) is 11.6 Å². The van der Waals surface area contributed by atoms with E-state index in [2.05, 4.69) is 10.4 Å². The SMILES string of the molecule is CCN(CC)C(=O)c1ccc(NC(=O)Cn2nc(C)cc2C)cc1Cl. The summed E-state index contributed by atoms with van der Waals surface area (Å²) in [4.78, 5) is 26.3. The van der Waals surface area contributed by atoms with Crippen LogP contribution in [0.15, 0.2) is 24.3 Å². The van der Waals surface area contributed by atoms with Crippen LogP contribution in [0, 0.1) is 13.8 Å². The van der Waals surface area contributed by atoms with Crippen molar-refractivity contribution >= 4 is 29.1 Å². The number of aryl methyl sites for hydroxylation is 2. The maximum absolute atomic E-state index is 12.4. The van der Waals surface area contributed by atoms with Gasteiger partial charge in [-0.25, -0.2) is 0 Å². The molecule has 1 N–H and O–H groups in total. The van der Waals surface area contributed by atoms with Gasteiger partial charge in [-0.1, -0.05) is 11.6 Å². The van der Waals surface area contributed by atoms with Crippen molar-refractivity contribution < 1.29 is 9.59 Å². The topological polar surface area (TPSA) is 67.2 Å². The molecule has 0 spiro atoms. The molecule has 0 aliphatic carbocycles. The van der Waals surface area contributed by atoms with Gasteiger partial charge in [0, 0.05) is 24.5 Å². The average molecular weight is 363 g/mol. The predicted octanol–water partition coefficient (Wildman–Crippen LogP) is 3.27. The summed E-state index contributed by atoms with van der Waals surface area (Å²) >= 11 is 6.24. The maximum Gasteiger partial charge on any atom is 0.255 e. The Kier molecular flexibility index (Phi) is 6.20. The Morgan fingerprint density at radius 3 is 2.40 bits per heavy atom. The van der Waals surface area contributed by atoms with E-state index >= 15 is 0 Å². The van der Waals surface area contributed by atoms with E-state index in [1.165, 1.54) is 0 Å². The summed E-state index contributed by atoms with van der Waals surface area (Å²) in [5.74, 6) is -0.319. The van der Waals surface area contributed by atoms with Gasteiger partial charge >= 0.3 is 0 Å². The minimum Gasteiger partial charge on any atom is -0.339 e. The molecule has 0 atom stereocenters. The summed E-state index contributed by atoms with van der Waals surface area (Å²) in [5.41, 5.74) is 2.77.